The summed E-state index contributed by atoms with van der Waals surface area (Å²) in [6.07, 6.45) is 1.10. The van der Waals surface area contributed by atoms with Gasteiger partial charge in [0, 0.05) is 22.6 Å². The van der Waals surface area contributed by atoms with Crippen LogP contribution in [0.1, 0.15) is 43.4 Å². The molecule has 0 bridgehead atoms. The lowest BCUT2D eigenvalue weighted by atomic mass is 9.89. The lowest BCUT2D eigenvalue weighted by Gasteiger charge is -2.30. The molecule has 2 aliphatic rings. The fourth-order valence-corrected chi connectivity index (χ4v) is 4.40. The third-order valence-corrected chi connectivity index (χ3v) is 5.40. The number of halogens is 1. The number of benzene rings is 1. The smallest absolute Gasteiger partial charge is 0.165 e. The van der Waals surface area contributed by atoms with Crippen molar-refractivity contribution < 1.29 is 9.47 Å². The van der Waals surface area contributed by atoms with E-state index in [1.165, 1.54) is 11.1 Å². The standard InChI is InChI=1S/C17H25BrN2O2/c1-10(2)15-16(13-6-11(8-19)9-20(13)3)12(18)7-14-17(15)22-5-4-21-14/h7,10-11,13H,4-6,8-9,19H2,1-3H3. The van der Waals surface area contributed by atoms with Crippen molar-refractivity contribution >= 4 is 15.9 Å². The van der Waals surface area contributed by atoms with E-state index >= 15 is 0 Å². The number of nitrogens with two attached hydrogens (primary N) is 1. The van der Waals surface area contributed by atoms with Crippen LogP contribution in [0, 0.1) is 5.92 Å². The number of fused-ring (bicyclic) bond motifs is 1. The summed E-state index contributed by atoms with van der Waals surface area (Å²) in [6.45, 7) is 7.49. The number of likely N-dealkylation sites (tertiary alicyclic amines) is 1. The highest BCUT2D eigenvalue weighted by Crippen LogP contribution is 2.49. The lowest BCUT2D eigenvalue weighted by molar-refractivity contribution is 0.168. The van der Waals surface area contributed by atoms with Crippen molar-refractivity contribution in [1.82, 2.24) is 4.90 Å². The highest BCUT2D eigenvalue weighted by atomic mass is 79.9. The Balaban J connectivity index is 2.10. The van der Waals surface area contributed by atoms with Crippen LogP contribution in [-0.2, 0) is 0 Å². The van der Waals surface area contributed by atoms with Gasteiger partial charge in [-0.25, -0.2) is 0 Å². The van der Waals surface area contributed by atoms with Crippen LogP contribution in [-0.4, -0.2) is 38.3 Å². The van der Waals surface area contributed by atoms with Crippen molar-refractivity contribution in [3.8, 4) is 11.5 Å². The summed E-state index contributed by atoms with van der Waals surface area (Å²) in [7, 11) is 2.19. The molecule has 22 heavy (non-hydrogen) atoms. The summed E-state index contributed by atoms with van der Waals surface area (Å²) in [5, 5.41) is 0. The third kappa shape index (κ3) is 2.74. The predicted octanol–water partition coefficient (Wildman–Crippen LogP) is 3.30. The van der Waals surface area contributed by atoms with Gasteiger partial charge in [-0.1, -0.05) is 29.8 Å². The van der Waals surface area contributed by atoms with E-state index in [4.69, 9.17) is 15.2 Å². The molecule has 1 fully saturated rings. The lowest BCUT2D eigenvalue weighted by Crippen LogP contribution is -2.23. The summed E-state index contributed by atoms with van der Waals surface area (Å²) in [6, 6.07) is 2.45. The molecule has 0 aliphatic carbocycles. The Morgan fingerprint density at radius 3 is 2.73 bits per heavy atom. The van der Waals surface area contributed by atoms with Crippen LogP contribution in [0.25, 0.3) is 0 Å². The average Bonchev–Trinajstić information content (AvgIpc) is 2.86. The Hall–Kier alpha value is -0.780. The van der Waals surface area contributed by atoms with Gasteiger partial charge in [0.05, 0.1) is 0 Å². The van der Waals surface area contributed by atoms with Crippen LogP contribution in [0.4, 0.5) is 0 Å². The van der Waals surface area contributed by atoms with Crippen LogP contribution in [0.3, 0.4) is 0 Å². The summed E-state index contributed by atoms with van der Waals surface area (Å²) in [4.78, 5) is 2.42. The fourth-order valence-electron chi connectivity index (χ4n) is 3.72. The molecule has 2 heterocycles. The Kier molecular flexibility index (Phi) is 4.67. The molecule has 2 atom stereocenters. The van der Waals surface area contributed by atoms with E-state index in [9.17, 15) is 0 Å². The van der Waals surface area contributed by atoms with E-state index in [0.29, 0.717) is 31.1 Å². The first-order valence-electron chi connectivity index (χ1n) is 8.05. The Morgan fingerprint density at radius 1 is 1.36 bits per heavy atom. The van der Waals surface area contributed by atoms with Crippen molar-refractivity contribution in [2.45, 2.75) is 32.2 Å². The number of rotatable bonds is 3. The first-order valence-corrected chi connectivity index (χ1v) is 8.84. The zero-order valence-electron chi connectivity index (χ0n) is 13.6. The van der Waals surface area contributed by atoms with Gasteiger partial charge in [0.2, 0.25) is 0 Å². The predicted molar refractivity (Wildman–Crippen MR) is 91.8 cm³/mol. The number of ether oxygens (including phenoxy) is 2. The zero-order chi connectivity index (χ0) is 15.9. The molecule has 1 aromatic rings. The first-order chi connectivity index (χ1) is 10.5. The largest absolute Gasteiger partial charge is 0.486 e. The molecule has 2 N–H and O–H groups in total. The van der Waals surface area contributed by atoms with E-state index in [1.54, 1.807) is 0 Å². The van der Waals surface area contributed by atoms with Crippen molar-refractivity contribution in [1.29, 1.82) is 0 Å². The Labute approximate surface area is 141 Å². The summed E-state index contributed by atoms with van der Waals surface area (Å²) in [5.74, 6) is 2.74. The van der Waals surface area contributed by atoms with Crippen molar-refractivity contribution in [3.63, 3.8) is 0 Å². The molecular weight excluding hydrogens is 344 g/mol. The zero-order valence-corrected chi connectivity index (χ0v) is 15.1. The van der Waals surface area contributed by atoms with Crippen LogP contribution < -0.4 is 15.2 Å². The van der Waals surface area contributed by atoms with Gasteiger partial charge in [-0.2, -0.15) is 0 Å². The number of nitrogens with zero attached hydrogens (tertiary/aromatic N) is 1. The van der Waals surface area contributed by atoms with Crippen molar-refractivity contribution in [2.24, 2.45) is 11.7 Å². The Morgan fingerprint density at radius 2 is 2.09 bits per heavy atom. The van der Waals surface area contributed by atoms with Crippen LogP contribution in [0.5, 0.6) is 11.5 Å². The van der Waals surface area contributed by atoms with E-state index in [-0.39, 0.29) is 0 Å². The van der Waals surface area contributed by atoms with Crippen LogP contribution >= 0.6 is 15.9 Å². The van der Waals surface area contributed by atoms with E-state index in [2.05, 4.69) is 47.8 Å². The first kappa shape index (κ1) is 16.1. The molecule has 4 nitrogen and oxygen atoms in total. The third-order valence-electron chi connectivity index (χ3n) is 4.74. The maximum Gasteiger partial charge on any atom is 0.165 e. The molecule has 1 aromatic carbocycles. The van der Waals surface area contributed by atoms with E-state index in [0.717, 1.165) is 35.5 Å². The van der Waals surface area contributed by atoms with Gasteiger partial charge in [0.1, 0.15) is 13.2 Å². The van der Waals surface area contributed by atoms with Crippen molar-refractivity contribution in [3.05, 3.63) is 21.7 Å². The van der Waals surface area contributed by atoms with E-state index in [1.807, 2.05) is 0 Å². The quantitative estimate of drug-likeness (QED) is 0.888. The van der Waals surface area contributed by atoms with Gasteiger partial charge in [-0.3, -0.25) is 4.90 Å². The minimum absolute atomic E-state index is 0.383. The van der Waals surface area contributed by atoms with E-state index < -0.39 is 0 Å². The maximum absolute atomic E-state index is 5.97. The second kappa shape index (κ2) is 6.38. The highest BCUT2D eigenvalue weighted by molar-refractivity contribution is 9.10. The summed E-state index contributed by atoms with van der Waals surface area (Å²) >= 11 is 3.78. The average molecular weight is 369 g/mol. The highest BCUT2D eigenvalue weighted by Gasteiger charge is 2.35. The molecule has 2 unspecified atom stereocenters. The van der Waals surface area contributed by atoms with Gasteiger partial charge < -0.3 is 15.2 Å². The molecule has 0 radical (unpaired) electrons. The molecular formula is C17H25BrN2O2. The van der Waals surface area contributed by atoms with Gasteiger partial charge >= 0.3 is 0 Å². The van der Waals surface area contributed by atoms with Crippen LogP contribution in [0.2, 0.25) is 0 Å². The Bertz CT molecular complexity index is 562. The van der Waals surface area contributed by atoms with Gasteiger partial charge in [0.25, 0.3) is 0 Å². The molecule has 0 spiro atoms. The summed E-state index contributed by atoms with van der Waals surface area (Å²) in [5.41, 5.74) is 8.52. The molecule has 0 amide bonds. The minimum Gasteiger partial charge on any atom is -0.486 e. The SMILES string of the molecule is CC(C)c1c2c(cc(Br)c1C1CC(CN)CN1C)OCCO2. The molecule has 122 valence electrons. The second-order valence-corrected chi connectivity index (χ2v) is 7.51. The molecule has 0 aromatic heterocycles. The van der Waals surface area contributed by atoms with Crippen molar-refractivity contribution in [2.75, 3.05) is 33.4 Å². The fraction of sp³-hybridized carbons (Fsp3) is 0.647. The maximum atomic E-state index is 5.97. The molecule has 5 heteroatoms. The van der Waals surface area contributed by atoms with Gasteiger partial charge in [-0.15, -0.1) is 0 Å². The molecule has 3 rings (SSSR count). The molecule has 0 saturated carbocycles. The van der Waals surface area contributed by atoms with Gasteiger partial charge in [-0.05, 0) is 43.5 Å². The number of hydrogen-bond donors (Lipinski definition) is 1. The normalized spacial score (nSPS) is 25.0. The topological polar surface area (TPSA) is 47.7 Å². The monoisotopic (exact) mass is 368 g/mol. The minimum atomic E-state index is 0.383. The number of hydrogen-bond acceptors (Lipinski definition) is 4. The van der Waals surface area contributed by atoms with Crippen LogP contribution in [0.15, 0.2) is 10.5 Å². The summed E-state index contributed by atoms with van der Waals surface area (Å²) < 4.78 is 12.9. The molecule has 2 aliphatic heterocycles. The van der Waals surface area contributed by atoms with Gasteiger partial charge in [0.15, 0.2) is 11.5 Å². The second-order valence-electron chi connectivity index (χ2n) is 6.66. The molecule has 1 saturated heterocycles.